The summed E-state index contributed by atoms with van der Waals surface area (Å²) >= 11 is 0. The lowest BCUT2D eigenvalue weighted by Crippen LogP contribution is -2.43. The van der Waals surface area contributed by atoms with Gasteiger partial charge >= 0.3 is 12.0 Å². The van der Waals surface area contributed by atoms with Crippen molar-refractivity contribution in [2.24, 2.45) is 11.3 Å². The molecule has 0 aliphatic carbocycles. The Labute approximate surface area is 137 Å². The number of nitrogens with zero attached hydrogens (tertiary/aromatic N) is 1. The lowest BCUT2D eigenvalue weighted by atomic mass is 9.90. The molecule has 2 atom stereocenters. The second-order valence-electron chi connectivity index (χ2n) is 7.07. The van der Waals surface area contributed by atoms with E-state index in [4.69, 9.17) is 0 Å². The number of hydrogen-bond donors (Lipinski definition) is 2. The second kappa shape index (κ2) is 6.60. The summed E-state index contributed by atoms with van der Waals surface area (Å²) in [6.07, 6.45) is 0.493. The van der Waals surface area contributed by atoms with Crippen molar-refractivity contribution in [3.05, 3.63) is 35.4 Å². The Bertz CT molecular complexity index is 600. The van der Waals surface area contributed by atoms with Crippen molar-refractivity contribution in [3.63, 3.8) is 0 Å². The number of hydrogen-bond acceptors (Lipinski definition) is 2. The lowest BCUT2D eigenvalue weighted by molar-refractivity contribution is -0.147. The molecule has 1 aliphatic rings. The number of aryl methyl sites for hydroxylation is 1. The van der Waals surface area contributed by atoms with E-state index in [1.807, 2.05) is 31.2 Å². The Morgan fingerprint density at radius 3 is 2.48 bits per heavy atom. The molecule has 2 amide bonds. The minimum absolute atomic E-state index is 0.0830. The molecule has 126 valence electrons. The Morgan fingerprint density at radius 1 is 1.30 bits per heavy atom. The molecule has 5 heteroatoms. The maximum absolute atomic E-state index is 12.6. The minimum atomic E-state index is -0.841. The molecule has 1 saturated heterocycles. The SMILES string of the molecule is Cc1ccccc1C(NC(=O)N1CCC(C)(C(=O)O)C1)C(C)C. The van der Waals surface area contributed by atoms with E-state index in [2.05, 4.69) is 19.2 Å². The Hall–Kier alpha value is -2.04. The topological polar surface area (TPSA) is 69.6 Å². The predicted octanol–water partition coefficient (Wildman–Crippen LogP) is 3.20. The highest BCUT2D eigenvalue weighted by Crippen LogP contribution is 2.31. The Balaban J connectivity index is 2.11. The van der Waals surface area contributed by atoms with Crippen molar-refractivity contribution in [2.45, 2.75) is 40.2 Å². The Kier molecular flexibility index (Phi) is 4.97. The maximum Gasteiger partial charge on any atom is 0.317 e. The zero-order chi connectivity index (χ0) is 17.2. The first-order chi connectivity index (χ1) is 10.7. The summed E-state index contributed by atoms with van der Waals surface area (Å²) in [6, 6.07) is 7.76. The molecule has 5 nitrogen and oxygen atoms in total. The van der Waals surface area contributed by atoms with Crippen LogP contribution in [0.5, 0.6) is 0 Å². The number of aliphatic carboxylic acids is 1. The first-order valence-electron chi connectivity index (χ1n) is 8.09. The third-order valence-corrected chi connectivity index (χ3v) is 4.75. The molecule has 0 saturated carbocycles. The van der Waals surface area contributed by atoms with Crippen LogP contribution in [0.4, 0.5) is 4.79 Å². The number of benzene rings is 1. The average molecular weight is 318 g/mol. The smallest absolute Gasteiger partial charge is 0.317 e. The van der Waals surface area contributed by atoms with Gasteiger partial charge in [-0.05, 0) is 37.3 Å². The normalized spacial score (nSPS) is 22.2. The number of carboxylic acid groups (broad SMARTS) is 1. The van der Waals surface area contributed by atoms with E-state index in [9.17, 15) is 14.7 Å². The van der Waals surface area contributed by atoms with Gasteiger partial charge in [0.1, 0.15) is 0 Å². The molecule has 0 aromatic heterocycles. The maximum atomic E-state index is 12.6. The molecule has 2 unspecified atom stereocenters. The van der Waals surface area contributed by atoms with Gasteiger partial charge in [-0.15, -0.1) is 0 Å². The first-order valence-corrected chi connectivity index (χ1v) is 8.09. The molecule has 0 bridgehead atoms. The van der Waals surface area contributed by atoms with Gasteiger partial charge in [0.15, 0.2) is 0 Å². The van der Waals surface area contributed by atoms with Crippen LogP contribution >= 0.6 is 0 Å². The molecule has 1 aromatic carbocycles. The predicted molar refractivity (Wildman–Crippen MR) is 89.2 cm³/mol. The van der Waals surface area contributed by atoms with E-state index >= 15 is 0 Å². The fourth-order valence-corrected chi connectivity index (χ4v) is 3.07. The summed E-state index contributed by atoms with van der Waals surface area (Å²) in [5.41, 5.74) is 1.41. The molecule has 2 N–H and O–H groups in total. The number of urea groups is 1. The van der Waals surface area contributed by atoms with Gasteiger partial charge in [-0.1, -0.05) is 38.1 Å². The van der Waals surface area contributed by atoms with Crippen LogP contribution in [0.1, 0.15) is 44.4 Å². The van der Waals surface area contributed by atoms with Gasteiger partial charge in [-0.25, -0.2) is 4.79 Å². The van der Waals surface area contributed by atoms with Crippen LogP contribution in [0.15, 0.2) is 24.3 Å². The number of carbonyl (C=O) groups excluding carboxylic acids is 1. The number of carboxylic acids is 1. The van der Waals surface area contributed by atoms with Gasteiger partial charge in [-0.2, -0.15) is 0 Å². The van der Waals surface area contributed by atoms with Crippen LogP contribution in [0.25, 0.3) is 0 Å². The molecule has 1 aliphatic heterocycles. The standard InChI is InChI=1S/C18H26N2O3/c1-12(2)15(14-8-6-5-7-13(14)3)19-17(23)20-10-9-18(4,11-20)16(21)22/h5-8,12,15H,9-11H2,1-4H3,(H,19,23)(H,21,22). The monoisotopic (exact) mass is 318 g/mol. The summed E-state index contributed by atoms with van der Waals surface area (Å²) in [7, 11) is 0. The van der Waals surface area contributed by atoms with Crippen LogP contribution < -0.4 is 5.32 Å². The number of amides is 2. The lowest BCUT2D eigenvalue weighted by Gasteiger charge is -2.28. The average Bonchev–Trinajstić information content (AvgIpc) is 2.89. The number of carbonyl (C=O) groups is 2. The van der Waals surface area contributed by atoms with Crippen molar-refractivity contribution in [1.29, 1.82) is 0 Å². The number of rotatable bonds is 4. The van der Waals surface area contributed by atoms with Crippen LogP contribution in [0.2, 0.25) is 0 Å². The Morgan fingerprint density at radius 2 is 1.96 bits per heavy atom. The highest BCUT2D eigenvalue weighted by atomic mass is 16.4. The third-order valence-electron chi connectivity index (χ3n) is 4.75. The van der Waals surface area contributed by atoms with E-state index in [1.165, 1.54) is 0 Å². The largest absolute Gasteiger partial charge is 0.481 e. The third kappa shape index (κ3) is 3.66. The molecular weight excluding hydrogens is 292 g/mol. The van der Waals surface area contributed by atoms with E-state index in [0.29, 0.717) is 13.0 Å². The molecule has 1 aromatic rings. The van der Waals surface area contributed by atoms with Gasteiger partial charge in [0.2, 0.25) is 0 Å². The van der Waals surface area contributed by atoms with Gasteiger partial charge in [-0.3, -0.25) is 4.79 Å². The summed E-state index contributed by atoms with van der Waals surface area (Å²) in [5.74, 6) is -0.597. The van der Waals surface area contributed by atoms with Crippen molar-refractivity contribution in [1.82, 2.24) is 10.2 Å². The molecule has 2 rings (SSSR count). The van der Waals surface area contributed by atoms with Gasteiger partial charge < -0.3 is 15.3 Å². The van der Waals surface area contributed by atoms with E-state index in [0.717, 1.165) is 11.1 Å². The molecule has 0 radical (unpaired) electrons. The van der Waals surface area contributed by atoms with E-state index in [-0.39, 0.29) is 24.5 Å². The highest BCUT2D eigenvalue weighted by molar-refractivity contribution is 5.79. The van der Waals surface area contributed by atoms with Crippen molar-refractivity contribution < 1.29 is 14.7 Å². The molecule has 1 heterocycles. The van der Waals surface area contributed by atoms with Crippen molar-refractivity contribution in [3.8, 4) is 0 Å². The fraction of sp³-hybridized carbons (Fsp3) is 0.556. The first kappa shape index (κ1) is 17.3. The highest BCUT2D eigenvalue weighted by Gasteiger charge is 2.42. The molecular formula is C18H26N2O3. The van der Waals surface area contributed by atoms with Crippen LogP contribution in [-0.2, 0) is 4.79 Å². The number of likely N-dealkylation sites (tertiary alicyclic amines) is 1. The fourth-order valence-electron chi connectivity index (χ4n) is 3.07. The minimum Gasteiger partial charge on any atom is -0.481 e. The van der Waals surface area contributed by atoms with E-state index in [1.54, 1.807) is 11.8 Å². The van der Waals surface area contributed by atoms with E-state index < -0.39 is 11.4 Å². The summed E-state index contributed by atoms with van der Waals surface area (Å²) < 4.78 is 0. The molecule has 1 fully saturated rings. The second-order valence-corrected chi connectivity index (χ2v) is 7.07. The van der Waals surface area contributed by atoms with Gasteiger partial charge in [0.25, 0.3) is 0 Å². The van der Waals surface area contributed by atoms with Crippen LogP contribution in [0.3, 0.4) is 0 Å². The van der Waals surface area contributed by atoms with Crippen molar-refractivity contribution >= 4 is 12.0 Å². The van der Waals surface area contributed by atoms with Crippen LogP contribution in [0, 0.1) is 18.3 Å². The summed E-state index contributed by atoms with van der Waals surface area (Å²) in [4.78, 5) is 25.5. The van der Waals surface area contributed by atoms with Crippen molar-refractivity contribution in [2.75, 3.05) is 13.1 Å². The summed E-state index contributed by atoms with van der Waals surface area (Å²) in [6.45, 7) is 8.61. The summed E-state index contributed by atoms with van der Waals surface area (Å²) in [5, 5.41) is 12.4. The zero-order valence-electron chi connectivity index (χ0n) is 14.3. The quantitative estimate of drug-likeness (QED) is 0.895. The van der Waals surface area contributed by atoms with Gasteiger partial charge in [0, 0.05) is 13.1 Å². The molecule has 23 heavy (non-hydrogen) atoms. The number of nitrogens with one attached hydrogen (secondary N) is 1. The zero-order valence-corrected chi connectivity index (χ0v) is 14.3. The van der Waals surface area contributed by atoms with Crippen LogP contribution in [-0.4, -0.2) is 35.1 Å². The van der Waals surface area contributed by atoms with Gasteiger partial charge in [0.05, 0.1) is 11.5 Å². The molecule has 0 spiro atoms.